The molecule has 0 bridgehead atoms. The van der Waals surface area contributed by atoms with Crippen molar-refractivity contribution in [3.05, 3.63) is 33.7 Å². The van der Waals surface area contributed by atoms with E-state index in [2.05, 4.69) is 12.2 Å². The lowest BCUT2D eigenvalue weighted by atomic mass is 9.87. The number of ether oxygens (including phenoxy) is 1. The Morgan fingerprint density at radius 2 is 2.12 bits per heavy atom. The van der Waals surface area contributed by atoms with Gasteiger partial charge in [-0.25, -0.2) is 0 Å². The van der Waals surface area contributed by atoms with Gasteiger partial charge in [0.05, 0.1) is 4.91 Å². The number of hydrogen-bond acceptors (Lipinski definition) is 5. The van der Waals surface area contributed by atoms with Crippen molar-refractivity contribution in [2.24, 2.45) is 0 Å². The smallest absolute Gasteiger partial charge is 0.290 e. The highest BCUT2D eigenvalue weighted by atomic mass is 32.2. The molecule has 1 unspecified atom stereocenters. The first kappa shape index (κ1) is 16.9. The van der Waals surface area contributed by atoms with E-state index < -0.39 is 0 Å². The monoisotopic (exact) mass is 347 g/mol. The topological polar surface area (TPSA) is 75.6 Å². The standard InChI is InChI=1S/C18H21NO4S/c1-10-11(2)15-12(9-13(10)20)6-8-18(3,23-15)7-4-5-14-16(21)19-17(22)24-14/h5,9,20H,4,6-8H2,1-3H3,(H,19,21,22). The number of phenols is 1. The van der Waals surface area contributed by atoms with Crippen LogP contribution < -0.4 is 10.1 Å². The van der Waals surface area contributed by atoms with Gasteiger partial charge < -0.3 is 9.84 Å². The van der Waals surface area contributed by atoms with Gasteiger partial charge in [0.2, 0.25) is 0 Å². The van der Waals surface area contributed by atoms with Crippen molar-refractivity contribution in [1.82, 2.24) is 5.32 Å². The zero-order valence-electron chi connectivity index (χ0n) is 14.1. The van der Waals surface area contributed by atoms with E-state index >= 15 is 0 Å². The van der Waals surface area contributed by atoms with Crippen molar-refractivity contribution in [3.8, 4) is 11.5 Å². The molecule has 1 saturated heterocycles. The van der Waals surface area contributed by atoms with Crippen LogP contribution >= 0.6 is 11.8 Å². The van der Waals surface area contributed by atoms with Crippen LogP contribution in [-0.4, -0.2) is 21.9 Å². The molecule has 2 amide bonds. The van der Waals surface area contributed by atoms with E-state index in [1.165, 1.54) is 0 Å². The molecule has 1 atom stereocenters. The Hall–Kier alpha value is -1.95. The quantitative estimate of drug-likeness (QED) is 0.815. The molecule has 2 aliphatic heterocycles. The molecule has 1 aromatic rings. The van der Waals surface area contributed by atoms with Crippen LogP contribution in [0, 0.1) is 13.8 Å². The highest BCUT2D eigenvalue weighted by molar-refractivity contribution is 8.18. The van der Waals surface area contributed by atoms with Gasteiger partial charge in [-0.05, 0) is 81.0 Å². The maximum Gasteiger partial charge on any atom is 0.290 e. The van der Waals surface area contributed by atoms with Gasteiger partial charge in [-0.3, -0.25) is 14.9 Å². The molecule has 24 heavy (non-hydrogen) atoms. The third-order valence-electron chi connectivity index (χ3n) is 4.81. The number of allylic oxidation sites excluding steroid dienone is 1. The third-order valence-corrected chi connectivity index (χ3v) is 5.67. The van der Waals surface area contributed by atoms with Gasteiger partial charge >= 0.3 is 0 Å². The Morgan fingerprint density at radius 1 is 1.38 bits per heavy atom. The van der Waals surface area contributed by atoms with Crippen molar-refractivity contribution in [2.75, 3.05) is 0 Å². The fourth-order valence-corrected chi connectivity index (χ4v) is 3.80. The summed E-state index contributed by atoms with van der Waals surface area (Å²) in [5.41, 5.74) is 2.55. The SMILES string of the molecule is Cc1c(O)cc2c(c1C)OC(C)(CCC=C1SC(=O)NC1=O)CC2. The molecule has 2 N–H and O–H groups in total. The fraction of sp³-hybridized carbons (Fsp3) is 0.444. The molecule has 5 nitrogen and oxygen atoms in total. The first-order valence-corrected chi connectivity index (χ1v) is 8.85. The number of carbonyl (C=O) groups is 2. The highest BCUT2D eigenvalue weighted by Gasteiger charge is 2.33. The molecule has 0 aromatic heterocycles. The summed E-state index contributed by atoms with van der Waals surface area (Å²) in [5.74, 6) is 0.874. The summed E-state index contributed by atoms with van der Waals surface area (Å²) in [6.07, 6.45) is 4.94. The number of rotatable bonds is 3. The number of aryl methyl sites for hydroxylation is 1. The first-order valence-electron chi connectivity index (χ1n) is 8.03. The number of nitrogens with one attached hydrogen (secondary N) is 1. The lowest BCUT2D eigenvalue weighted by Crippen LogP contribution is -2.36. The van der Waals surface area contributed by atoms with E-state index in [0.717, 1.165) is 53.5 Å². The molecule has 6 heteroatoms. The highest BCUT2D eigenvalue weighted by Crippen LogP contribution is 2.41. The molecule has 0 saturated carbocycles. The largest absolute Gasteiger partial charge is 0.508 e. The molecule has 2 aliphatic rings. The Balaban J connectivity index is 1.72. The molecule has 0 aliphatic carbocycles. The van der Waals surface area contributed by atoms with Gasteiger partial charge in [0.25, 0.3) is 11.1 Å². The molecule has 128 valence electrons. The van der Waals surface area contributed by atoms with Crippen molar-refractivity contribution < 1.29 is 19.4 Å². The van der Waals surface area contributed by atoms with Gasteiger partial charge in [-0.2, -0.15) is 0 Å². The first-order chi connectivity index (χ1) is 11.3. The second kappa shape index (κ2) is 6.16. The van der Waals surface area contributed by atoms with E-state index in [-0.39, 0.29) is 16.7 Å². The molecular formula is C18H21NO4S. The molecule has 0 spiro atoms. The predicted octanol–water partition coefficient (Wildman–Crippen LogP) is 3.74. The zero-order chi connectivity index (χ0) is 17.5. The van der Waals surface area contributed by atoms with E-state index in [0.29, 0.717) is 17.1 Å². The minimum Gasteiger partial charge on any atom is -0.508 e. The minimum absolute atomic E-state index is 0.313. The molecule has 2 heterocycles. The molecule has 1 aromatic carbocycles. The van der Waals surface area contributed by atoms with Crippen molar-refractivity contribution >= 4 is 22.9 Å². The van der Waals surface area contributed by atoms with Crippen molar-refractivity contribution in [1.29, 1.82) is 0 Å². The van der Waals surface area contributed by atoms with Crippen molar-refractivity contribution in [3.63, 3.8) is 0 Å². The normalized spacial score (nSPS) is 24.7. The number of aromatic hydroxyl groups is 1. The summed E-state index contributed by atoms with van der Waals surface area (Å²) in [6.45, 7) is 5.92. The maximum atomic E-state index is 11.5. The average Bonchev–Trinajstić information content (AvgIpc) is 2.84. The number of hydrogen-bond donors (Lipinski definition) is 2. The number of benzene rings is 1. The van der Waals surface area contributed by atoms with Gasteiger partial charge in [0.1, 0.15) is 17.1 Å². The van der Waals surface area contributed by atoms with Crippen LogP contribution in [0.5, 0.6) is 11.5 Å². The number of fused-ring (bicyclic) bond motifs is 1. The summed E-state index contributed by atoms with van der Waals surface area (Å²) in [5, 5.41) is 11.9. The summed E-state index contributed by atoms with van der Waals surface area (Å²) >= 11 is 0.947. The lowest BCUT2D eigenvalue weighted by molar-refractivity contribution is -0.115. The van der Waals surface area contributed by atoms with Crippen LogP contribution in [0.1, 0.15) is 42.9 Å². The van der Waals surface area contributed by atoms with E-state index in [1.807, 2.05) is 19.9 Å². The minimum atomic E-state index is -0.317. The van der Waals surface area contributed by atoms with Crippen LogP contribution in [-0.2, 0) is 11.2 Å². The average molecular weight is 347 g/mol. The molecule has 3 rings (SSSR count). The van der Waals surface area contributed by atoms with E-state index in [9.17, 15) is 14.7 Å². The van der Waals surface area contributed by atoms with Crippen LogP contribution in [0.2, 0.25) is 0 Å². The Morgan fingerprint density at radius 3 is 2.79 bits per heavy atom. The summed E-state index contributed by atoms with van der Waals surface area (Å²) in [7, 11) is 0. The number of thioether (sulfide) groups is 1. The Kier molecular flexibility index (Phi) is 4.34. The Labute approximate surface area is 145 Å². The van der Waals surface area contributed by atoms with E-state index in [4.69, 9.17) is 4.74 Å². The van der Waals surface area contributed by atoms with Gasteiger partial charge in [-0.15, -0.1) is 0 Å². The van der Waals surface area contributed by atoms with Crippen LogP contribution in [0.4, 0.5) is 4.79 Å². The number of imide groups is 1. The number of phenolic OH excluding ortho intramolecular Hbond substituents is 1. The maximum absolute atomic E-state index is 11.5. The summed E-state index contributed by atoms with van der Waals surface area (Å²) in [4.78, 5) is 23.2. The zero-order valence-corrected chi connectivity index (χ0v) is 14.9. The second-order valence-corrected chi connectivity index (χ2v) is 7.65. The fourth-order valence-electron chi connectivity index (χ4n) is 3.11. The Bertz CT molecular complexity index is 756. The molecular weight excluding hydrogens is 326 g/mol. The van der Waals surface area contributed by atoms with Gasteiger partial charge in [-0.1, -0.05) is 6.08 Å². The summed E-state index contributed by atoms with van der Waals surface area (Å²) in [6, 6.07) is 1.80. The third kappa shape index (κ3) is 3.15. The van der Waals surface area contributed by atoms with Crippen LogP contribution in [0.3, 0.4) is 0 Å². The van der Waals surface area contributed by atoms with E-state index in [1.54, 1.807) is 6.07 Å². The van der Waals surface area contributed by atoms with Gasteiger partial charge in [0, 0.05) is 0 Å². The second-order valence-electron chi connectivity index (χ2n) is 6.64. The summed E-state index contributed by atoms with van der Waals surface area (Å²) < 4.78 is 6.28. The number of carbonyl (C=O) groups excluding carboxylic acids is 2. The molecule has 0 radical (unpaired) electrons. The molecule has 1 fully saturated rings. The van der Waals surface area contributed by atoms with Crippen LogP contribution in [0.25, 0.3) is 0 Å². The van der Waals surface area contributed by atoms with Crippen molar-refractivity contribution in [2.45, 2.75) is 52.1 Å². The lowest BCUT2D eigenvalue weighted by Gasteiger charge is -2.37. The predicted molar refractivity (Wildman–Crippen MR) is 93.4 cm³/mol. The van der Waals surface area contributed by atoms with Crippen LogP contribution in [0.15, 0.2) is 17.0 Å². The number of amides is 2. The van der Waals surface area contributed by atoms with Gasteiger partial charge in [0.15, 0.2) is 0 Å².